The van der Waals surface area contributed by atoms with Crippen LogP contribution in [-0.2, 0) is 21.4 Å². The standard InChI is InChI=1S/C27H43N3O4S.C2H6/c1-17(14-19-15-24(35-7)30(6)28-19)23-16-21-20(29(21)5)10-8-9-11-22(31)18(2)26(33)27(3,4)13-12-25(32)34-23;1-2/h14-15,18,20-23,31H,8-13,16H2,1-7H3;1-2H3/b17-14+;/t18-,20?,21?,22?,23?,29?;/m1./s1. The monoisotopic (exact) mass is 535 g/mol. The van der Waals surface area contributed by atoms with Crippen LogP contribution >= 0.6 is 11.8 Å². The molecule has 2 aliphatic heterocycles. The van der Waals surface area contributed by atoms with Gasteiger partial charge in [-0.1, -0.05) is 47.5 Å². The molecule has 0 aliphatic carbocycles. The Morgan fingerprint density at radius 1 is 1.19 bits per heavy atom. The Balaban J connectivity index is 0.00000235. The first-order valence-electron chi connectivity index (χ1n) is 13.8. The number of aromatic nitrogens is 2. The summed E-state index contributed by atoms with van der Waals surface area (Å²) < 4.78 is 7.89. The number of carbonyl (C=O) groups excluding carboxylic acids is 2. The van der Waals surface area contributed by atoms with Crippen molar-refractivity contribution in [2.75, 3.05) is 13.3 Å². The normalized spacial score (nSPS) is 31.6. The van der Waals surface area contributed by atoms with Crippen LogP contribution in [0.5, 0.6) is 0 Å². The van der Waals surface area contributed by atoms with E-state index in [1.54, 1.807) is 11.8 Å². The Morgan fingerprint density at radius 3 is 2.46 bits per heavy atom. The Bertz CT molecular complexity index is 942. The second-order valence-electron chi connectivity index (χ2n) is 11.0. The number of ketones is 1. The zero-order valence-corrected chi connectivity index (χ0v) is 25.2. The predicted octanol–water partition coefficient (Wildman–Crippen LogP) is 5.50. The third-order valence-electron chi connectivity index (χ3n) is 7.94. The van der Waals surface area contributed by atoms with E-state index in [2.05, 4.69) is 17.0 Å². The minimum absolute atomic E-state index is 0.0132. The Hall–Kier alpha value is -1.64. The maximum atomic E-state index is 13.1. The number of esters is 1. The summed E-state index contributed by atoms with van der Waals surface area (Å²) in [6, 6.07) is 2.88. The molecule has 0 spiro atoms. The first-order valence-corrected chi connectivity index (χ1v) is 15.1. The molecule has 0 saturated carbocycles. The van der Waals surface area contributed by atoms with Crippen molar-refractivity contribution < 1.29 is 19.4 Å². The van der Waals surface area contributed by atoms with E-state index in [9.17, 15) is 14.7 Å². The number of fused-ring (bicyclic) bond motifs is 1. The Labute approximate surface area is 228 Å². The molecule has 8 heteroatoms. The molecule has 37 heavy (non-hydrogen) atoms. The number of aryl methyl sites for hydroxylation is 1. The molecule has 210 valence electrons. The molecule has 3 heterocycles. The van der Waals surface area contributed by atoms with E-state index >= 15 is 0 Å². The van der Waals surface area contributed by atoms with Gasteiger partial charge in [-0.05, 0) is 57.2 Å². The SMILES string of the molecule is CC.CSc1cc(/C=C(\C)C2CC3C(CCCCC(O)[C@@H](C)C(=O)C(C)(C)CCC(=O)O2)N3C)nn1C. The molecule has 0 amide bonds. The first-order chi connectivity index (χ1) is 17.4. The van der Waals surface area contributed by atoms with Crippen LogP contribution in [0.25, 0.3) is 6.08 Å². The van der Waals surface area contributed by atoms with Gasteiger partial charge in [0.15, 0.2) is 0 Å². The number of rotatable bonds is 3. The summed E-state index contributed by atoms with van der Waals surface area (Å²) in [6.07, 6.45) is 8.01. The number of hydrogen-bond donors (Lipinski definition) is 1. The second-order valence-corrected chi connectivity index (χ2v) is 11.9. The molecule has 2 fully saturated rings. The smallest absolute Gasteiger partial charge is 0.306 e. The topological polar surface area (TPSA) is 84.4 Å². The summed E-state index contributed by atoms with van der Waals surface area (Å²) in [4.78, 5) is 28.4. The van der Waals surface area contributed by atoms with E-state index < -0.39 is 17.4 Å². The highest BCUT2D eigenvalue weighted by Gasteiger charge is 2.45. The average Bonchev–Trinajstić information content (AvgIpc) is 3.31. The fraction of sp³-hybridized carbons (Fsp3) is 0.759. The average molecular weight is 536 g/mol. The zero-order chi connectivity index (χ0) is 27.9. The molecule has 1 aromatic heterocycles. The summed E-state index contributed by atoms with van der Waals surface area (Å²) in [5, 5.41) is 16.2. The quantitative estimate of drug-likeness (QED) is 0.311. The van der Waals surface area contributed by atoms with Crippen molar-refractivity contribution >= 4 is 29.6 Å². The number of aliphatic hydroxyl groups excluding tert-OH is 1. The van der Waals surface area contributed by atoms with Gasteiger partial charge in [-0.15, -0.1) is 11.8 Å². The molecule has 2 aliphatic rings. The Kier molecular flexibility index (Phi) is 11.9. The Morgan fingerprint density at radius 2 is 1.84 bits per heavy atom. The lowest BCUT2D eigenvalue weighted by Crippen LogP contribution is -2.36. The van der Waals surface area contributed by atoms with Crippen molar-refractivity contribution in [3.05, 3.63) is 17.3 Å². The van der Waals surface area contributed by atoms with Gasteiger partial charge in [-0.2, -0.15) is 5.10 Å². The van der Waals surface area contributed by atoms with Gasteiger partial charge in [0.05, 0.1) is 16.8 Å². The molecule has 5 unspecified atom stereocenters. The minimum Gasteiger partial charge on any atom is -0.458 e. The number of cyclic esters (lactones) is 1. The molecule has 7 nitrogen and oxygen atoms in total. The molecule has 0 aromatic carbocycles. The third kappa shape index (κ3) is 8.42. The number of ether oxygens (including phenoxy) is 1. The second kappa shape index (κ2) is 13.9. The molecule has 1 aromatic rings. The summed E-state index contributed by atoms with van der Waals surface area (Å²) in [7, 11) is 4.06. The van der Waals surface area contributed by atoms with Gasteiger partial charge in [0.1, 0.15) is 11.9 Å². The van der Waals surface area contributed by atoms with Crippen molar-refractivity contribution in [1.29, 1.82) is 0 Å². The number of aliphatic hydroxyl groups is 1. The van der Waals surface area contributed by atoms with Gasteiger partial charge < -0.3 is 9.84 Å². The fourth-order valence-electron chi connectivity index (χ4n) is 5.30. The molecule has 0 bridgehead atoms. The van der Waals surface area contributed by atoms with Crippen LogP contribution in [0, 0.1) is 11.3 Å². The number of thioether (sulfide) groups is 1. The molecule has 2 saturated heterocycles. The van der Waals surface area contributed by atoms with Crippen molar-refractivity contribution in [2.45, 2.75) is 116 Å². The lowest BCUT2D eigenvalue weighted by atomic mass is 9.76. The van der Waals surface area contributed by atoms with Crippen molar-refractivity contribution in [3.63, 3.8) is 0 Å². The van der Waals surface area contributed by atoms with Crippen LogP contribution in [0.2, 0.25) is 0 Å². The van der Waals surface area contributed by atoms with Gasteiger partial charge in [-0.3, -0.25) is 19.2 Å². The maximum absolute atomic E-state index is 13.1. The van der Waals surface area contributed by atoms with E-state index in [0.717, 1.165) is 42.0 Å². The van der Waals surface area contributed by atoms with Crippen molar-refractivity contribution in [3.8, 4) is 0 Å². The van der Waals surface area contributed by atoms with Crippen molar-refractivity contribution in [2.24, 2.45) is 18.4 Å². The molecule has 0 radical (unpaired) electrons. The van der Waals surface area contributed by atoms with Gasteiger partial charge in [0, 0.05) is 43.3 Å². The van der Waals surface area contributed by atoms with Crippen LogP contribution in [0.15, 0.2) is 16.7 Å². The highest BCUT2D eigenvalue weighted by molar-refractivity contribution is 7.98. The number of nitrogens with zero attached hydrogens (tertiary/aromatic N) is 3. The number of likely N-dealkylation sites (N-methyl/N-ethyl adjacent to an activating group) is 1. The van der Waals surface area contributed by atoms with Crippen LogP contribution in [0.4, 0.5) is 0 Å². The number of hydrogen-bond acceptors (Lipinski definition) is 7. The minimum atomic E-state index is -0.694. The highest BCUT2D eigenvalue weighted by Crippen LogP contribution is 2.37. The lowest BCUT2D eigenvalue weighted by Gasteiger charge is -2.29. The largest absolute Gasteiger partial charge is 0.458 e. The van der Waals surface area contributed by atoms with Gasteiger partial charge in [0.2, 0.25) is 0 Å². The predicted molar refractivity (Wildman–Crippen MR) is 151 cm³/mol. The van der Waals surface area contributed by atoms with Crippen LogP contribution in [0.1, 0.15) is 92.2 Å². The van der Waals surface area contributed by atoms with Crippen LogP contribution < -0.4 is 0 Å². The van der Waals surface area contributed by atoms with Gasteiger partial charge in [-0.25, -0.2) is 0 Å². The summed E-state index contributed by atoms with van der Waals surface area (Å²) in [5.74, 6) is -0.707. The van der Waals surface area contributed by atoms with Gasteiger partial charge in [0.25, 0.3) is 0 Å². The molecular weight excluding hydrogens is 486 g/mol. The number of carbonyl (C=O) groups is 2. The summed E-state index contributed by atoms with van der Waals surface area (Å²) >= 11 is 1.65. The fourth-order valence-corrected chi connectivity index (χ4v) is 5.85. The van der Waals surface area contributed by atoms with Crippen LogP contribution in [-0.4, -0.2) is 69.1 Å². The van der Waals surface area contributed by atoms with E-state index in [-0.39, 0.29) is 24.3 Å². The van der Waals surface area contributed by atoms with Gasteiger partial charge >= 0.3 is 5.97 Å². The van der Waals surface area contributed by atoms with E-state index in [0.29, 0.717) is 24.9 Å². The first kappa shape index (κ1) is 31.6. The summed E-state index contributed by atoms with van der Waals surface area (Å²) in [5.41, 5.74) is 1.15. The third-order valence-corrected chi connectivity index (χ3v) is 8.74. The molecular formula is C29H49N3O4S. The van der Waals surface area contributed by atoms with Crippen LogP contribution in [0.3, 0.4) is 0 Å². The summed E-state index contributed by atoms with van der Waals surface area (Å²) in [6.45, 7) is 11.6. The van der Waals surface area contributed by atoms with E-state index in [1.165, 1.54) is 0 Å². The molecule has 3 rings (SSSR count). The maximum Gasteiger partial charge on any atom is 0.306 e. The zero-order valence-electron chi connectivity index (χ0n) is 24.4. The molecule has 6 atom stereocenters. The highest BCUT2D eigenvalue weighted by atomic mass is 32.2. The number of Topliss-reactive ketones (excluding diaryl/α,β-unsaturated/α-hetero) is 1. The van der Waals surface area contributed by atoms with E-state index in [1.807, 2.05) is 71.7 Å². The molecule has 1 N–H and O–H groups in total. The van der Waals surface area contributed by atoms with E-state index in [4.69, 9.17) is 4.74 Å². The van der Waals surface area contributed by atoms with Crippen molar-refractivity contribution in [1.82, 2.24) is 14.7 Å². The lowest BCUT2D eigenvalue weighted by molar-refractivity contribution is -0.148.